The number of methoxy groups -OCH3 is 2. The maximum atomic E-state index is 12.7. The summed E-state index contributed by atoms with van der Waals surface area (Å²) in [5, 5.41) is 2.83. The molecule has 0 saturated heterocycles. The number of anilines is 1. The first kappa shape index (κ1) is 31.1. The summed E-state index contributed by atoms with van der Waals surface area (Å²) in [6.45, 7) is 8.41. The van der Waals surface area contributed by atoms with E-state index in [4.69, 9.17) is 18.9 Å². The van der Waals surface area contributed by atoms with E-state index in [1.807, 2.05) is 24.9 Å². The Labute approximate surface area is 242 Å². The molecule has 0 aliphatic carbocycles. The van der Waals surface area contributed by atoms with Gasteiger partial charge in [0.15, 0.2) is 23.0 Å². The molecule has 1 aliphatic heterocycles. The number of nitrogens with one attached hydrogen (secondary N) is 1. The largest absolute Gasteiger partial charge is 0.493 e. The van der Waals surface area contributed by atoms with E-state index >= 15 is 0 Å². The molecule has 0 atom stereocenters. The molecule has 0 aromatic heterocycles. The highest BCUT2D eigenvalue weighted by Crippen LogP contribution is 2.38. The van der Waals surface area contributed by atoms with Gasteiger partial charge in [0.05, 0.1) is 49.9 Å². The molecule has 2 aromatic carbocycles. The van der Waals surface area contributed by atoms with Crippen molar-refractivity contribution < 1.29 is 28.5 Å². The molecule has 10 nitrogen and oxygen atoms in total. The average Bonchev–Trinajstić information content (AvgIpc) is 3.10. The fraction of sp³-hybridized carbons (Fsp3) is 0.387. The lowest BCUT2D eigenvalue weighted by molar-refractivity contribution is 0.0850. The van der Waals surface area contributed by atoms with Crippen LogP contribution in [0, 0.1) is 0 Å². The maximum absolute atomic E-state index is 12.7. The standard InChI is InChI=1S/C31H40N4O6/c1-8-21-20-33-30(36)23-17-27(39-7)29(19-25(23)35(21)5)41-15-13-11-12-14-40-28-18-24(32-9-2)22(16-26(28)38-6)31(37)34(4)10-3/h9-10,16-20H,3,8,11-15H2,1-2,4-7H3,(H,33,36). The van der Waals surface area contributed by atoms with Gasteiger partial charge in [-0.25, -0.2) is 0 Å². The summed E-state index contributed by atoms with van der Waals surface area (Å²) in [4.78, 5) is 33.1. The summed E-state index contributed by atoms with van der Waals surface area (Å²) in [6, 6.07) is 6.93. The van der Waals surface area contributed by atoms with E-state index in [1.54, 1.807) is 51.7 Å². The van der Waals surface area contributed by atoms with Crippen molar-refractivity contribution in [3.63, 3.8) is 0 Å². The zero-order chi connectivity index (χ0) is 29.9. The number of rotatable bonds is 14. The van der Waals surface area contributed by atoms with Crippen LogP contribution in [-0.2, 0) is 0 Å². The fourth-order valence-corrected chi connectivity index (χ4v) is 4.36. The minimum absolute atomic E-state index is 0.185. The lowest BCUT2D eigenvalue weighted by Gasteiger charge is -2.23. The van der Waals surface area contributed by atoms with Gasteiger partial charge in [0.25, 0.3) is 11.8 Å². The third-order valence-electron chi connectivity index (χ3n) is 6.73. The summed E-state index contributed by atoms with van der Waals surface area (Å²) in [5.74, 6) is 1.65. The first-order valence-electron chi connectivity index (χ1n) is 13.6. The van der Waals surface area contributed by atoms with Crippen molar-refractivity contribution in [3.8, 4) is 23.0 Å². The second kappa shape index (κ2) is 14.8. The fourth-order valence-electron chi connectivity index (χ4n) is 4.36. The smallest absolute Gasteiger partial charge is 0.259 e. The molecular weight excluding hydrogens is 524 g/mol. The molecule has 0 unspecified atom stereocenters. The van der Waals surface area contributed by atoms with Crippen molar-refractivity contribution in [1.29, 1.82) is 0 Å². The van der Waals surface area contributed by atoms with E-state index in [2.05, 4.69) is 16.9 Å². The maximum Gasteiger partial charge on any atom is 0.259 e. The second-order valence-electron chi connectivity index (χ2n) is 9.31. The van der Waals surface area contributed by atoms with Crippen LogP contribution in [0.5, 0.6) is 23.0 Å². The lowest BCUT2D eigenvalue weighted by Crippen LogP contribution is -2.20. The summed E-state index contributed by atoms with van der Waals surface area (Å²) in [5.41, 5.74) is 3.18. The third-order valence-corrected chi connectivity index (χ3v) is 6.73. The number of nitrogens with zero attached hydrogens (tertiary/aromatic N) is 3. The number of allylic oxidation sites excluding steroid dienone is 1. The number of hydrogen-bond acceptors (Lipinski definition) is 8. The molecule has 1 N–H and O–H groups in total. The van der Waals surface area contributed by atoms with Gasteiger partial charge in [0.1, 0.15) is 0 Å². The summed E-state index contributed by atoms with van der Waals surface area (Å²) in [6.07, 6.45) is 8.02. The molecule has 0 saturated carbocycles. The first-order valence-corrected chi connectivity index (χ1v) is 13.6. The second-order valence-corrected chi connectivity index (χ2v) is 9.31. The van der Waals surface area contributed by atoms with Crippen LogP contribution in [0.15, 0.2) is 53.9 Å². The van der Waals surface area contributed by atoms with Crippen LogP contribution in [0.3, 0.4) is 0 Å². The molecule has 10 heteroatoms. The Morgan fingerprint density at radius 3 is 2.24 bits per heavy atom. The van der Waals surface area contributed by atoms with Gasteiger partial charge in [0.2, 0.25) is 0 Å². The molecule has 0 radical (unpaired) electrons. The molecule has 0 spiro atoms. The molecule has 220 valence electrons. The van der Waals surface area contributed by atoms with Gasteiger partial charge >= 0.3 is 0 Å². The number of unbranched alkanes of at least 4 members (excludes halogenated alkanes) is 2. The number of benzene rings is 2. The highest BCUT2D eigenvalue weighted by molar-refractivity contribution is 6.02. The van der Waals surface area contributed by atoms with Gasteiger partial charge in [-0.15, -0.1) is 0 Å². The predicted octanol–water partition coefficient (Wildman–Crippen LogP) is 5.70. The van der Waals surface area contributed by atoms with E-state index < -0.39 is 0 Å². The number of amides is 2. The number of carbonyl (C=O) groups excluding carboxylic acids is 2. The van der Waals surface area contributed by atoms with Crippen molar-refractivity contribution in [2.24, 2.45) is 4.99 Å². The van der Waals surface area contributed by atoms with Crippen molar-refractivity contribution in [2.75, 3.05) is 46.4 Å². The van der Waals surface area contributed by atoms with Gasteiger partial charge in [0, 0.05) is 44.3 Å². The summed E-state index contributed by atoms with van der Waals surface area (Å²) in [7, 11) is 6.66. The molecule has 3 rings (SSSR count). The molecular formula is C31H40N4O6. The Morgan fingerprint density at radius 1 is 1.02 bits per heavy atom. The molecule has 1 heterocycles. The van der Waals surface area contributed by atoms with E-state index in [0.717, 1.165) is 37.1 Å². The molecule has 2 amide bonds. The normalized spacial score (nSPS) is 12.7. The molecule has 0 fully saturated rings. The Morgan fingerprint density at radius 2 is 1.66 bits per heavy atom. The van der Waals surface area contributed by atoms with Crippen molar-refractivity contribution in [1.82, 2.24) is 10.2 Å². The minimum atomic E-state index is -0.242. The van der Waals surface area contributed by atoms with Gasteiger partial charge in [-0.1, -0.05) is 13.5 Å². The van der Waals surface area contributed by atoms with Crippen LogP contribution in [0.25, 0.3) is 0 Å². The Bertz CT molecular complexity index is 1320. The van der Waals surface area contributed by atoms with Gasteiger partial charge in [-0.05, 0) is 50.9 Å². The molecule has 1 aliphatic rings. The number of carbonyl (C=O) groups is 2. The van der Waals surface area contributed by atoms with Crippen molar-refractivity contribution in [3.05, 3.63) is 60.1 Å². The number of ether oxygens (including phenoxy) is 4. The van der Waals surface area contributed by atoms with Gasteiger partial charge < -0.3 is 34.1 Å². The Kier molecular flexibility index (Phi) is 11.2. The highest BCUT2D eigenvalue weighted by Gasteiger charge is 2.23. The Balaban J connectivity index is 1.59. The lowest BCUT2D eigenvalue weighted by atomic mass is 10.1. The number of hydrogen-bond donors (Lipinski definition) is 1. The predicted molar refractivity (Wildman–Crippen MR) is 161 cm³/mol. The van der Waals surface area contributed by atoms with Crippen LogP contribution in [0.1, 0.15) is 60.2 Å². The van der Waals surface area contributed by atoms with E-state index in [-0.39, 0.29) is 11.8 Å². The van der Waals surface area contributed by atoms with E-state index in [0.29, 0.717) is 53.0 Å². The average molecular weight is 565 g/mol. The molecule has 2 aromatic rings. The van der Waals surface area contributed by atoms with Crippen LogP contribution in [-0.4, -0.2) is 64.5 Å². The minimum Gasteiger partial charge on any atom is -0.493 e. The monoisotopic (exact) mass is 564 g/mol. The molecule has 0 bridgehead atoms. The number of fused-ring (bicyclic) bond motifs is 1. The van der Waals surface area contributed by atoms with Gasteiger partial charge in [-0.2, -0.15) is 0 Å². The Hall–Kier alpha value is -4.47. The van der Waals surface area contributed by atoms with Crippen LogP contribution in [0.2, 0.25) is 0 Å². The van der Waals surface area contributed by atoms with Crippen molar-refractivity contribution >= 4 is 29.4 Å². The molecule has 41 heavy (non-hydrogen) atoms. The topological polar surface area (TPSA) is 102 Å². The zero-order valence-electron chi connectivity index (χ0n) is 24.8. The van der Waals surface area contributed by atoms with Crippen molar-refractivity contribution in [2.45, 2.75) is 39.5 Å². The summed E-state index contributed by atoms with van der Waals surface area (Å²) < 4.78 is 23.1. The first-order chi connectivity index (χ1) is 19.8. The quantitative estimate of drug-likeness (QED) is 0.232. The van der Waals surface area contributed by atoms with Crippen LogP contribution >= 0.6 is 0 Å². The van der Waals surface area contributed by atoms with E-state index in [9.17, 15) is 9.59 Å². The third kappa shape index (κ3) is 7.39. The van der Waals surface area contributed by atoms with Crippen LogP contribution < -0.4 is 29.2 Å². The summed E-state index contributed by atoms with van der Waals surface area (Å²) >= 11 is 0. The zero-order valence-corrected chi connectivity index (χ0v) is 24.8. The van der Waals surface area contributed by atoms with E-state index in [1.165, 1.54) is 18.2 Å². The van der Waals surface area contributed by atoms with Gasteiger partial charge in [-0.3, -0.25) is 14.6 Å². The number of aliphatic imine (C=N–C) groups is 1. The SMILES string of the molecule is C=CN(C)C(=O)c1cc(OC)c(OCCCCCOc2cc3c(cc2OC)C(=O)NC=C(CC)N3C)cc1N=CC. The highest BCUT2D eigenvalue weighted by atomic mass is 16.5. The van der Waals surface area contributed by atoms with Crippen LogP contribution in [0.4, 0.5) is 11.4 Å².